The fourth-order valence-electron chi connectivity index (χ4n) is 0.878. The number of hydrogen-bond donors (Lipinski definition) is 1. The molecule has 0 saturated heterocycles. The topological polar surface area (TPSA) is 37.3 Å². The summed E-state index contributed by atoms with van der Waals surface area (Å²) in [4.78, 5) is 10.2. The lowest BCUT2D eigenvalue weighted by Crippen LogP contribution is -1.99. The largest absolute Gasteiger partial charge is 0.478 e. The van der Waals surface area contributed by atoms with Gasteiger partial charge in [0.2, 0.25) is 0 Å². The molecule has 0 heterocycles. The average Bonchev–Trinajstić information content (AvgIpc) is 2.03. The second-order valence-electron chi connectivity index (χ2n) is 2.28. The minimum Gasteiger partial charge on any atom is -0.478 e. The maximum atomic E-state index is 12.9. The summed E-state index contributed by atoms with van der Waals surface area (Å²) < 4.78 is 25.9. The van der Waals surface area contributed by atoms with E-state index in [9.17, 15) is 13.6 Å². The summed E-state index contributed by atoms with van der Waals surface area (Å²) in [7, 11) is 0. The summed E-state index contributed by atoms with van der Waals surface area (Å²) >= 11 is 0.900. The summed E-state index contributed by atoms with van der Waals surface area (Å²) in [6, 6.07) is 1.61. The van der Waals surface area contributed by atoms with Crippen LogP contribution in [0.3, 0.4) is 0 Å². The van der Waals surface area contributed by atoms with Crippen molar-refractivity contribution >= 4 is 17.7 Å². The van der Waals surface area contributed by atoms with Crippen molar-refractivity contribution < 1.29 is 18.7 Å². The number of benzene rings is 1. The molecule has 0 spiro atoms. The number of carboxylic acids is 1. The van der Waals surface area contributed by atoms with E-state index in [4.69, 9.17) is 5.11 Å². The molecule has 0 bridgehead atoms. The molecule has 0 atom stereocenters. The number of rotatable bonds is 2. The molecule has 0 aliphatic heterocycles. The van der Waals surface area contributed by atoms with Crippen molar-refractivity contribution in [3.63, 3.8) is 0 Å². The molecule has 2 nitrogen and oxygen atoms in total. The number of carbonyl (C=O) groups is 1. The number of thioether (sulfide) groups is 1. The van der Waals surface area contributed by atoms with E-state index in [1.165, 1.54) is 6.26 Å². The molecule has 1 rings (SSSR count). The van der Waals surface area contributed by atoms with E-state index in [1.807, 2.05) is 0 Å². The predicted octanol–water partition coefficient (Wildman–Crippen LogP) is 2.38. The predicted molar refractivity (Wildman–Crippen MR) is 45.1 cm³/mol. The van der Waals surface area contributed by atoms with Crippen LogP contribution >= 0.6 is 11.8 Å². The van der Waals surface area contributed by atoms with Crippen molar-refractivity contribution in [2.24, 2.45) is 0 Å². The minimum atomic E-state index is -1.34. The molecule has 0 fully saturated rings. The third kappa shape index (κ3) is 1.98. The standard InChI is InChI=1S/C8H6F2O2S/c1-13-7-5(9)2-4(8(11)12)3-6(7)10/h2-3H,1H3,(H,11,12). The van der Waals surface area contributed by atoms with Gasteiger partial charge in [0, 0.05) is 0 Å². The Labute approximate surface area is 77.6 Å². The summed E-state index contributed by atoms with van der Waals surface area (Å²) in [5.41, 5.74) is -0.382. The molecule has 1 aromatic rings. The molecular formula is C8H6F2O2S. The van der Waals surface area contributed by atoms with E-state index in [0.29, 0.717) is 0 Å². The fourth-order valence-corrected chi connectivity index (χ4v) is 1.39. The number of hydrogen-bond acceptors (Lipinski definition) is 2. The van der Waals surface area contributed by atoms with Crippen LogP contribution in [0.1, 0.15) is 10.4 Å². The average molecular weight is 204 g/mol. The first-order chi connectivity index (χ1) is 6.06. The lowest BCUT2D eigenvalue weighted by molar-refractivity contribution is 0.0695. The zero-order valence-electron chi connectivity index (χ0n) is 6.67. The van der Waals surface area contributed by atoms with Crippen molar-refractivity contribution in [3.05, 3.63) is 29.3 Å². The maximum absolute atomic E-state index is 12.9. The van der Waals surface area contributed by atoms with Gasteiger partial charge < -0.3 is 5.11 Å². The molecular weight excluding hydrogens is 198 g/mol. The second-order valence-corrected chi connectivity index (χ2v) is 3.09. The highest BCUT2D eigenvalue weighted by atomic mass is 32.2. The van der Waals surface area contributed by atoms with Gasteiger partial charge in [-0.1, -0.05) is 0 Å². The molecule has 0 radical (unpaired) electrons. The second kappa shape index (κ2) is 3.74. The third-order valence-electron chi connectivity index (χ3n) is 1.45. The number of carboxylic acid groups (broad SMARTS) is 1. The molecule has 5 heteroatoms. The Morgan fingerprint density at radius 3 is 2.15 bits per heavy atom. The summed E-state index contributed by atoms with van der Waals surface area (Å²) in [6.45, 7) is 0. The van der Waals surface area contributed by atoms with Crippen LogP contribution in [0.25, 0.3) is 0 Å². The molecule has 1 aromatic carbocycles. The molecule has 0 aliphatic carbocycles. The monoisotopic (exact) mass is 204 g/mol. The Morgan fingerprint density at radius 2 is 1.85 bits per heavy atom. The first-order valence-electron chi connectivity index (χ1n) is 3.32. The summed E-state index contributed by atoms with van der Waals surface area (Å²) in [5, 5.41) is 8.46. The molecule has 1 N–H and O–H groups in total. The zero-order valence-corrected chi connectivity index (χ0v) is 7.49. The van der Waals surface area contributed by atoms with Crippen LogP contribution in [0, 0.1) is 11.6 Å². The van der Waals surface area contributed by atoms with Gasteiger partial charge in [-0.25, -0.2) is 13.6 Å². The van der Waals surface area contributed by atoms with E-state index in [-0.39, 0.29) is 10.5 Å². The molecule has 70 valence electrons. The van der Waals surface area contributed by atoms with Crippen molar-refractivity contribution in [1.29, 1.82) is 0 Å². The Morgan fingerprint density at radius 1 is 1.38 bits per heavy atom. The third-order valence-corrected chi connectivity index (χ3v) is 2.25. The van der Waals surface area contributed by atoms with Gasteiger partial charge in [-0.3, -0.25) is 0 Å². The van der Waals surface area contributed by atoms with Crippen LogP contribution < -0.4 is 0 Å². The Kier molecular flexibility index (Phi) is 2.87. The van der Waals surface area contributed by atoms with Gasteiger partial charge in [0.05, 0.1) is 10.5 Å². The van der Waals surface area contributed by atoms with Crippen molar-refractivity contribution in [3.8, 4) is 0 Å². The maximum Gasteiger partial charge on any atom is 0.335 e. The molecule has 0 amide bonds. The van der Waals surface area contributed by atoms with Crippen LogP contribution in [0.2, 0.25) is 0 Å². The lowest BCUT2D eigenvalue weighted by Gasteiger charge is -2.02. The van der Waals surface area contributed by atoms with E-state index in [1.54, 1.807) is 0 Å². The van der Waals surface area contributed by atoms with E-state index in [2.05, 4.69) is 0 Å². The molecule has 13 heavy (non-hydrogen) atoms. The Hall–Kier alpha value is -1.10. The smallest absolute Gasteiger partial charge is 0.335 e. The van der Waals surface area contributed by atoms with Gasteiger partial charge in [-0.15, -0.1) is 11.8 Å². The van der Waals surface area contributed by atoms with Gasteiger partial charge in [-0.05, 0) is 18.4 Å². The van der Waals surface area contributed by atoms with Crippen molar-refractivity contribution in [2.75, 3.05) is 6.26 Å². The highest BCUT2D eigenvalue weighted by Gasteiger charge is 2.13. The van der Waals surface area contributed by atoms with Crippen LogP contribution in [-0.2, 0) is 0 Å². The SMILES string of the molecule is CSc1c(F)cc(C(=O)O)cc1F. The Balaban J connectivity index is 3.28. The van der Waals surface area contributed by atoms with Crippen LogP contribution in [0.4, 0.5) is 8.78 Å². The molecule has 0 unspecified atom stereocenters. The first-order valence-corrected chi connectivity index (χ1v) is 4.55. The van der Waals surface area contributed by atoms with Crippen molar-refractivity contribution in [1.82, 2.24) is 0 Å². The fraction of sp³-hybridized carbons (Fsp3) is 0.125. The molecule has 0 aromatic heterocycles. The van der Waals surface area contributed by atoms with E-state index >= 15 is 0 Å². The van der Waals surface area contributed by atoms with Crippen LogP contribution in [-0.4, -0.2) is 17.3 Å². The summed E-state index contributed by atoms with van der Waals surface area (Å²) in [5.74, 6) is -3.03. The quantitative estimate of drug-likeness (QED) is 0.751. The normalized spacial score (nSPS) is 10.1. The molecule has 0 saturated carbocycles. The lowest BCUT2D eigenvalue weighted by atomic mass is 10.2. The van der Waals surface area contributed by atoms with Gasteiger partial charge in [0.1, 0.15) is 11.6 Å². The number of halogens is 2. The zero-order chi connectivity index (χ0) is 10.0. The van der Waals surface area contributed by atoms with Crippen molar-refractivity contribution in [2.45, 2.75) is 4.90 Å². The highest BCUT2D eigenvalue weighted by Crippen LogP contribution is 2.24. The van der Waals surface area contributed by atoms with Crippen LogP contribution in [0.15, 0.2) is 17.0 Å². The van der Waals surface area contributed by atoms with Gasteiger partial charge in [0.25, 0.3) is 0 Å². The van der Waals surface area contributed by atoms with Gasteiger partial charge >= 0.3 is 5.97 Å². The Bertz CT molecular complexity index is 329. The van der Waals surface area contributed by atoms with E-state index in [0.717, 1.165) is 23.9 Å². The summed E-state index contributed by atoms with van der Waals surface area (Å²) in [6.07, 6.45) is 1.52. The number of aromatic carboxylic acids is 1. The van der Waals surface area contributed by atoms with Gasteiger partial charge in [-0.2, -0.15) is 0 Å². The molecule has 0 aliphatic rings. The minimum absolute atomic E-state index is 0.162. The van der Waals surface area contributed by atoms with Crippen LogP contribution in [0.5, 0.6) is 0 Å². The highest BCUT2D eigenvalue weighted by molar-refractivity contribution is 7.98. The first kappa shape index (κ1) is 9.98. The van der Waals surface area contributed by atoms with Gasteiger partial charge in [0.15, 0.2) is 0 Å². The van der Waals surface area contributed by atoms with E-state index < -0.39 is 17.6 Å².